The van der Waals surface area contributed by atoms with Crippen LogP contribution in [-0.4, -0.2) is 43.6 Å². The lowest BCUT2D eigenvalue weighted by atomic mass is 10.1. The first-order valence-corrected chi connectivity index (χ1v) is 8.99. The molecule has 2 N–H and O–H groups in total. The van der Waals surface area contributed by atoms with E-state index in [1.807, 2.05) is 30.3 Å². The molecule has 0 aromatic heterocycles. The largest absolute Gasteiger partial charge is 0.391 e. The van der Waals surface area contributed by atoms with Crippen molar-refractivity contribution in [3.63, 3.8) is 0 Å². The summed E-state index contributed by atoms with van der Waals surface area (Å²) in [7, 11) is -3.47. The Morgan fingerprint density at radius 3 is 2.33 bits per heavy atom. The van der Waals surface area contributed by atoms with Gasteiger partial charge in [0.1, 0.15) is 0 Å². The van der Waals surface area contributed by atoms with Crippen LogP contribution in [0.3, 0.4) is 0 Å². The van der Waals surface area contributed by atoms with E-state index in [4.69, 9.17) is 0 Å². The predicted octanol–water partition coefficient (Wildman–Crippen LogP) is 1.30. The molecular formula is C15H24N2O3S. The van der Waals surface area contributed by atoms with E-state index >= 15 is 0 Å². The third kappa shape index (κ3) is 5.39. The van der Waals surface area contributed by atoms with E-state index in [1.54, 1.807) is 0 Å². The topological polar surface area (TPSA) is 69.6 Å². The third-order valence-corrected chi connectivity index (χ3v) is 5.30. The van der Waals surface area contributed by atoms with Gasteiger partial charge in [0.05, 0.1) is 6.10 Å². The Morgan fingerprint density at radius 2 is 1.71 bits per heavy atom. The van der Waals surface area contributed by atoms with Crippen LogP contribution >= 0.6 is 0 Å². The van der Waals surface area contributed by atoms with E-state index in [0.717, 1.165) is 31.2 Å². The first-order chi connectivity index (χ1) is 10.1. The number of aliphatic hydroxyl groups is 1. The molecule has 1 fully saturated rings. The van der Waals surface area contributed by atoms with Gasteiger partial charge in [0.2, 0.25) is 0 Å². The molecule has 1 heterocycles. The molecule has 1 atom stereocenters. The van der Waals surface area contributed by atoms with Gasteiger partial charge < -0.3 is 5.11 Å². The van der Waals surface area contributed by atoms with Crippen LogP contribution in [0.5, 0.6) is 0 Å². The van der Waals surface area contributed by atoms with Crippen LogP contribution in [0.2, 0.25) is 0 Å². The highest BCUT2D eigenvalue weighted by Gasteiger charge is 2.23. The minimum Gasteiger partial charge on any atom is -0.391 e. The molecular weight excluding hydrogens is 288 g/mol. The van der Waals surface area contributed by atoms with Gasteiger partial charge in [0.25, 0.3) is 10.2 Å². The van der Waals surface area contributed by atoms with Crippen molar-refractivity contribution in [3.8, 4) is 0 Å². The fraction of sp³-hybridized carbons (Fsp3) is 0.600. The van der Waals surface area contributed by atoms with E-state index in [1.165, 1.54) is 4.31 Å². The summed E-state index contributed by atoms with van der Waals surface area (Å²) in [6, 6.07) is 9.57. The monoisotopic (exact) mass is 312 g/mol. The van der Waals surface area contributed by atoms with Crippen molar-refractivity contribution in [3.05, 3.63) is 35.9 Å². The Bertz CT molecular complexity index is 511. The Hall–Kier alpha value is -0.950. The fourth-order valence-electron chi connectivity index (χ4n) is 2.53. The summed E-state index contributed by atoms with van der Waals surface area (Å²) >= 11 is 0. The first kappa shape index (κ1) is 16.4. The van der Waals surface area contributed by atoms with Crippen LogP contribution in [0.25, 0.3) is 0 Å². The van der Waals surface area contributed by atoms with Crippen molar-refractivity contribution in [2.45, 2.75) is 38.2 Å². The van der Waals surface area contributed by atoms with Crippen LogP contribution < -0.4 is 4.72 Å². The van der Waals surface area contributed by atoms with Gasteiger partial charge >= 0.3 is 0 Å². The Morgan fingerprint density at radius 1 is 1.10 bits per heavy atom. The van der Waals surface area contributed by atoms with Gasteiger partial charge in [-0.15, -0.1) is 0 Å². The fourth-order valence-corrected chi connectivity index (χ4v) is 3.86. The van der Waals surface area contributed by atoms with Crippen molar-refractivity contribution < 1.29 is 13.5 Å². The summed E-state index contributed by atoms with van der Waals surface area (Å²) in [5.74, 6) is 0. The van der Waals surface area contributed by atoms with E-state index in [2.05, 4.69) is 4.72 Å². The Balaban J connectivity index is 1.83. The highest BCUT2D eigenvalue weighted by atomic mass is 32.2. The summed E-state index contributed by atoms with van der Waals surface area (Å²) in [6.45, 7) is 1.20. The van der Waals surface area contributed by atoms with E-state index in [9.17, 15) is 13.5 Å². The molecule has 0 bridgehead atoms. The van der Waals surface area contributed by atoms with Crippen molar-refractivity contribution >= 4 is 10.2 Å². The number of nitrogens with zero attached hydrogens (tertiary/aromatic N) is 1. The van der Waals surface area contributed by atoms with Crippen LogP contribution in [0, 0.1) is 0 Å². The Labute approximate surface area is 127 Å². The minimum atomic E-state index is -3.47. The molecule has 0 amide bonds. The number of rotatable bonds is 6. The normalized spacial score (nSPS) is 19.1. The second-order valence-corrected chi connectivity index (χ2v) is 7.27. The number of nitrogens with one attached hydrogen (secondary N) is 1. The summed E-state index contributed by atoms with van der Waals surface area (Å²) < 4.78 is 28.4. The lowest BCUT2D eigenvalue weighted by molar-refractivity contribution is 0.178. The summed E-state index contributed by atoms with van der Waals surface area (Å²) in [4.78, 5) is 0. The van der Waals surface area contributed by atoms with Gasteiger partial charge in [-0.25, -0.2) is 0 Å². The van der Waals surface area contributed by atoms with Crippen molar-refractivity contribution in [2.75, 3.05) is 19.6 Å². The molecule has 1 aromatic rings. The van der Waals surface area contributed by atoms with E-state index in [-0.39, 0.29) is 6.54 Å². The maximum Gasteiger partial charge on any atom is 0.279 e. The molecule has 2 rings (SSSR count). The average Bonchev–Trinajstić information content (AvgIpc) is 2.76. The van der Waals surface area contributed by atoms with Crippen LogP contribution in [-0.2, 0) is 16.6 Å². The molecule has 21 heavy (non-hydrogen) atoms. The summed E-state index contributed by atoms with van der Waals surface area (Å²) in [5, 5.41) is 9.97. The molecule has 5 nitrogen and oxygen atoms in total. The lowest BCUT2D eigenvalue weighted by Gasteiger charge is -2.21. The SMILES string of the molecule is O=S(=O)(NCC(O)Cc1ccccc1)N1CCCCCC1. The number of hydrogen-bond donors (Lipinski definition) is 2. The number of aliphatic hydroxyl groups excluding tert-OH is 1. The van der Waals surface area contributed by atoms with Crippen molar-refractivity contribution in [1.82, 2.24) is 9.03 Å². The second kappa shape index (κ2) is 7.89. The zero-order chi connectivity index (χ0) is 15.1. The predicted molar refractivity (Wildman–Crippen MR) is 83.1 cm³/mol. The molecule has 1 aliphatic heterocycles. The van der Waals surface area contributed by atoms with Gasteiger partial charge in [-0.05, 0) is 24.8 Å². The Kier molecular flexibility index (Phi) is 6.17. The van der Waals surface area contributed by atoms with Gasteiger partial charge in [-0.3, -0.25) is 0 Å². The third-order valence-electron chi connectivity index (χ3n) is 3.72. The van der Waals surface area contributed by atoms with Gasteiger partial charge in [0.15, 0.2) is 0 Å². The molecule has 1 aliphatic rings. The standard InChI is InChI=1S/C15H24N2O3S/c18-15(12-14-8-4-3-5-9-14)13-16-21(19,20)17-10-6-1-2-7-11-17/h3-5,8-9,15-16,18H,1-2,6-7,10-13H2. The van der Waals surface area contributed by atoms with Crippen molar-refractivity contribution in [2.24, 2.45) is 0 Å². The smallest absolute Gasteiger partial charge is 0.279 e. The van der Waals surface area contributed by atoms with Gasteiger partial charge in [-0.1, -0.05) is 43.2 Å². The maximum absolute atomic E-state index is 12.2. The van der Waals surface area contributed by atoms with Gasteiger partial charge in [0, 0.05) is 19.6 Å². The second-order valence-electron chi connectivity index (χ2n) is 5.51. The van der Waals surface area contributed by atoms with Crippen LogP contribution in [0.15, 0.2) is 30.3 Å². The average molecular weight is 312 g/mol. The zero-order valence-electron chi connectivity index (χ0n) is 12.2. The molecule has 1 aromatic carbocycles. The number of benzene rings is 1. The lowest BCUT2D eigenvalue weighted by Crippen LogP contribution is -2.44. The highest BCUT2D eigenvalue weighted by Crippen LogP contribution is 2.12. The molecule has 0 radical (unpaired) electrons. The molecule has 0 spiro atoms. The van der Waals surface area contributed by atoms with E-state index in [0.29, 0.717) is 19.5 Å². The van der Waals surface area contributed by atoms with Gasteiger partial charge in [-0.2, -0.15) is 17.4 Å². The highest BCUT2D eigenvalue weighted by molar-refractivity contribution is 7.87. The molecule has 1 unspecified atom stereocenters. The van der Waals surface area contributed by atoms with Crippen molar-refractivity contribution in [1.29, 1.82) is 0 Å². The molecule has 6 heteroatoms. The van der Waals surface area contributed by atoms with E-state index < -0.39 is 16.3 Å². The van der Waals surface area contributed by atoms with Crippen LogP contribution in [0.4, 0.5) is 0 Å². The molecule has 118 valence electrons. The maximum atomic E-state index is 12.2. The molecule has 1 saturated heterocycles. The number of hydrogen-bond acceptors (Lipinski definition) is 3. The zero-order valence-corrected chi connectivity index (χ0v) is 13.1. The summed E-state index contributed by atoms with van der Waals surface area (Å²) in [5.41, 5.74) is 0.999. The quantitative estimate of drug-likeness (QED) is 0.832. The minimum absolute atomic E-state index is 0.0493. The van der Waals surface area contributed by atoms with Crippen LogP contribution in [0.1, 0.15) is 31.2 Å². The summed E-state index contributed by atoms with van der Waals surface area (Å²) in [6.07, 6.45) is 3.73. The first-order valence-electron chi connectivity index (χ1n) is 7.54. The molecule has 0 aliphatic carbocycles. The molecule has 0 saturated carbocycles.